The zero-order valence-electron chi connectivity index (χ0n) is 27.1. The van der Waals surface area contributed by atoms with Gasteiger partial charge in [-0.3, -0.25) is 4.79 Å². The Kier molecular flexibility index (Phi) is 8.06. The van der Waals surface area contributed by atoms with Crippen LogP contribution in [0.1, 0.15) is 132 Å². The third kappa shape index (κ3) is 4.79. The van der Waals surface area contributed by atoms with Gasteiger partial charge in [-0.15, -0.1) is 0 Å². The number of hydrogen-bond donors (Lipinski definition) is 1. The molecule has 2 aromatic rings. The maximum Gasteiger partial charge on any atom is 0.141 e. The first-order valence-electron chi connectivity index (χ1n) is 17.4. The summed E-state index contributed by atoms with van der Waals surface area (Å²) in [5.74, 6) is 5.53. The van der Waals surface area contributed by atoms with E-state index in [1.807, 2.05) is 0 Å². The Labute approximate surface area is 262 Å². The maximum atomic E-state index is 13.0. The predicted octanol–water partition coefficient (Wildman–Crippen LogP) is 9.76. The Morgan fingerprint density at radius 3 is 1.91 bits per heavy atom. The Hall–Kier alpha value is -1.93. The van der Waals surface area contributed by atoms with Crippen molar-refractivity contribution in [3.05, 3.63) is 69.8 Å². The molecular weight excluding hydrogens is 524 g/mol. The summed E-state index contributed by atoms with van der Waals surface area (Å²) in [6.45, 7) is 14.0. The molecule has 0 radical (unpaired) electrons. The molecule has 0 aromatic heterocycles. The van der Waals surface area contributed by atoms with Gasteiger partial charge in [-0.05, 0) is 140 Å². The van der Waals surface area contributed by atoms with Gasteiger partial charge in [0.2, 0.25) is 0 Å². The van der Waals surface area contributed by atoms with E-state index in [-0.39, 0.29) is 24.9 Å². The average Bonchev–Trinajstić information content (AvgIpc) is 3.42. The summed E-state index contributed by atoms with van der Waals surface area (Å²) in [7, 11) is 0. The van der Waals surface area contributed by atoms with Gasteiger partial charge in [-0.2, -0.15) is 0 Å². The normalized spacial score (nSPS) is 42.1. The molecule has 6 unspecified atom stereocenters. The number of hydrogen-bond acceptors (Lipinski definition) is 2. The molecule has 0 saturated heterocycles. The average molecular weight is 583 g/mol. The van der Waals surface area contributed by atoms with Crippen LogP contribution < -0.4 is 0 Å². The van der Waals surface area contributed by atoms with E-state index in [2.05, 4.69) is 77.9 Å². The van der Waals surface area contributed by atoms with Crippen molar-refractivity contribution in [2.75, 3.05) is 0 Å². The smallest absolute Gasteiger partial charge is 0.141 e. The van der Waals surface area contributed by atoms with Crippen molar-refractivity contribution in [1.82, 2.24) is 0 Å². The molecule has 0 bridgehead atoms. The van der Waals surface area contributed by atoms with Gasteiger partial charge in [-0.1, -0.05) is 82.6 Å². The molecule has 43 heavy (non-hydrogen) atoms. The second-order valence-electron chi connectivity index (χ2n) is 16.4. The molecule has 4 saturated carbocycles. The van der Waals surface area contributed by atoms with Crippen molar-refractivity contribution < 1.29 is 9.90 Å². The molecule has 0 amide bonds. The summed E-state index contributed by atoms with van der Waals surface area (Å²) >= 11 is 0. The van der Waals surface area contributed by atoms with E-state index in [4.69, 9.17) is 0 Å². The van der Waals surface area contributed by atoms with Gasteiger partial charge in [0, 0.05) is 18.3 Å². The van der Waals surface area contributed by atoms with Gasteiger partial charge < -0.3 is 5.11 Å². The first-order valence-corrected chi connectivity index (χ1v) is 17.4. The third-order valence-corrected chi connectivity index (χ3v) is 14.4. The van der Waals surface area contributed by atoms with E-state index in [1.165, 1.54) is 84.7 Å². The Morgan fingerprint density at radius 2 is 1.26 bits per heavy atom. The number of ketones is 1. The molecule has 6 aliphatic rings. The molecule has 11 atom stereocenters. The van der Waals surface area contributed by atoms with E-state index in [9.17, 15) is 9.90 Å². The highest BCUT2D eigenvalue weighted by Gasteiger charge is 2.57. The second kappa shape index (κ2) is 11.1. The van der Waals surface area contributed by atoms with Crippen molar-refractivity contribution in [2.24, 2.45) is 46.3 Å². The molecule has 234 valence electrons. The molecule has 2 heteroatoms. The number of benzene rings is 2. The summed E-state index contributed by atoms with van der Waals surface area (Å²) in [6.07, 6.45) is 12.0. The van der Waals surface area contributed by atoms with Gasteiger partial charge in [0.25, 0.3) is 0 Å². The fourth-order valence-corrected chi connectivity index (χ4v) is 11.8. The lowest BCUT2D eigenvalue weighted by molar-refractivity contribution is -0.131. The summed E-state index contributed by atoms with van der Waals surface area (Å²) < 4.78 is 0. The number of carbonyl (C=O) groups excluding carboxylic acids is 1. The van der Waals surface area contributed by atoms with Crippen molar-refractivity contribution in [1.29, 1.82) is 0 Å². The fraction of sp³-hybridized carbons (Fsp3) is 0.683. The highest BCUT2D eigenvalue weighted by molar-refractivity contribution is 5.88. The molecule has 0 heterocycles. The summed E-state index contributed by atoms with van der Waals surface area (Å²) in [5.41, 5.74) is 9.12. The minimum absolute atomic E-state index is 0. The molecular formula is C41H58O2. The largest absolute Gasteiger partial charge is 0.392 e. The van der Waals surface area contributed by atoms with Crippen LogP contribution >= 0.6 is 0 Å². The van der Waals surface area contributed by atoms with Gasteiger partial charge in [0.1, 0.15) is 5.78 Å². The van der Waals surface area contributed by atoms with Gasteiger partial charge in [-0.25, -0.2) is 0 Å². The van der Waals surface area contributed by atoms with E-state index < -0.39 is 0 Å². The van der Waals surface area contributed by atoms with Gasteiger partial charge in [0.15, 0.2) is 0 Å². The SMILES string of the molecule is C.Cc1ccc2c(c1)CCC1C2C(=O)C[C@@]2(C)C1CC[C@@H]2C.Cc1ccc2c(c1)CCC1C2[C@H](O)C[C@@]2(C)C1CC[C@@H]2C. The summed E-state index contributed by atoms with van der Waals surface area (Å²) in [4.78, 5) is 13.0. The van der Waals surface area contributed by atoms with E-state index in [0.717, 1.165) is 30.6 Å². The van der Waals surface area contributed by atoms with Crippen LogP contribution in [0.2, 0.25) is 0 Å². The van der Waals surface area contributed by atoms with Crippen LogP contribution in [0.15, 0.2) is 36.4 Å². The second-order valence-corrected chi connectivity index (χ2v) is 16.4. The van der Waals surface area contributed by atoms with Crippen LogP contribution in [0, 0.1) is 60.2 Å². The molecule has 4 fully saturated rings. The minimum atomic E-state index is -0.140. The third-order valence-electron chi connectivity index (χ3n) is 14.4. The number of carbonyl (C=O) groups is 1. The van der Waals surface area contributed by atoms with E-state index >= 15 is 0 Å². The first kappa shape index (κ1) is 31.1. The number of rotatable bonds is 0. The lowest BCUT2D eigenvalue weighted by Crippen LogP contribution is -2.48. The Morgan fingerprint density at radius 1 is 0.721 bits per heavy atom. The van der Waals surface area contributed by atoms with Crippen LogP contribution in [0.3, 0.4) is 0 Å². The standard InChI is InChI=1S/C20H28O.C20H26O.CH4/c2*1-12-4-7-15-14(10-12)6-8-16-17-9-5-13(2)20(17,3)11-18(21)19(15)16;/h4,7,10,13,16-19,21H,5-6,8-9,11H2,1-3H3;4,7,10,13,16-17,19H,5-6,8-9,11H2,1-3H3;1H4/t13-,16?,17?,18+,19?,20+;13-,16?,17?,19?,20+;/m00./s1. The van der Waals surface area contributed by atoms with Crippen LogP contribution in [0.25, 0.3) is 0 Å². The van der Waals surface area contributed by atoms with Crippen LogP contribution in [-0.2, 0) is 17.6 Å². The van der Waals surface area contributed by atoms with Gasteiger partial charge in [0.05, 0.1) is 6.10 Å². The Balaban J connectivity index is 0.000000150. The predicted molar refractivity (Wildman–Crippen MR) is 178 cm³/mol. The quantitative estimate of drug-likeness (QED) is 0.336. The van der Waals surface area contributed by atoms with E-state index in [1.54, 1.807) is 0 Å². The zero-order valence-corrected chi connectivity index (χ0v) is 27.1. The lowest BCUT2D eigenvalue weighted by atomic mass is 9.53. The number of aliphatic hydroxyl groups excluding tert-OH is 1. The first-order chi connectivity index (χ1) is 20.0. The highest BCUT2D eigenvalue weighted by Crippen LogP contribution is 2.63. The number of Topliss-reactive ketones (excluding diaryl/α,β-unsaturated/α-hetero) is 1. The fourth-order valence-electron chi connectivity index (χ4n) is 11.8. The number of fused-ring (bicyclic) bond motifs is 10. The minimum Gasteiger partial charge on any atom is -0.392 e. The molecule has 0 spiro atoms. The highest BCUT2D eigenvalue weighted by atomic mass is 16.3. The van der Waals surface area contributed by atoms with Crippen molar-refractivity contribution in [3.8, 4) is 0 Å². The zero-order chi connectivity index (χ0) is 29.6. The van der Waals surface area contributed by atoms with Crippen LogP contribution in [0.5, 0.6) is 0 Å². The van der Waals surface area contributed by atoms with Crippen molar-refractivity contribution in [3.63, 3.8) is 0 Å². The van der Waals surface area contributed by atoms with Crippen molar-refractivity contribution >= 4 is 5.78 Å². The molecule has 8 rings (SSSR count). The maximum absolute atomic E-state index is 13.0. The summed E-state index contributed by atoms with van der Waals surface area (Å²) in [5, 5.41) is 11.0. The monoisotopic (exact) mass is 582 g/mol. The Bertz CT molecular complexity index is 1370. The van der Waals surface area contributed by atoms with E-state index in [0.29, 0.717) is 34.9 Å². The molecule has 2 aromatic carbocycles. The molecule has 6 aliphatic carbocycles. The van der Waals surface area contributed by atoms with Gasteiger partial charge >= 0.3 is 0 Å². The van der Waals surface area contributed by atoms with Crippen molar-refractivity contribution in [2.45, 2.75) is 131 Å². The summed E-state index contributed by atoms with van der Waals surface area (Å²) in [6, 6.07) is 13.7. The number of aliphatic hydroxyl groups is 1. The molecule has 0 aliphatic heterocycles. The van der Waals surface area contributed by atoms with Crippen LogP contribution in [-0.4, -0.2) is 17.0 Å². The molecule has 2 nitrogen and oxygen atoms in total. The topological polar surface area (TPSA) is 37.3 Å². The number of aryl methyl sites for hydroxylation is 4. The lowest BCUT2D eigenvalue weighted by Gasteiger charge is -2.52. The van der Waals surface area contributed by atoms with Crippen LogP contribution in [0.4, 0.5) is 0 Å². The molecule has 1 N–H and O–H groups in total.